The van der Waals surface area contributed by atoms with E-state index in [1.165, 1.54) is 12.8 Å². The molecule has 16 heavy (non-hydrogen) atoms. The molecule has 2 rings (SSSR count). The number of hydrogen-bond acceptors (Lipinski definition) is 3. The molecule has 1 N–H and O–H groups in total. The average Bonchev–Trinajstić information content (AvgIpc) is 3.12. The molecule has 3 nitrogen and oxygen atoms in total. The normalized spacial score (nSPS) is 17.2. The van der Waals surface area contributed by atoms with Crippen molar-refractivity contribution in [2.75, 3.05) is 19.0 Å². The summed E-state index contributed by atoms with van der Waals surface area (Å²) in [5.41, 5.74) is 1.11. The van der Waals surface area contributed by atoms with Gasteiger partial charge >= 0.3 is 0 Å². The molecule has 1 aliphatic carbocycles. The smallest absolute Gasteiger partial charge is 0.128 e. The summed E-state index contributed by atoms with van der Waals surface area (Å²) in [5, 5.41) is 3.13. The van der Waals surface area contributed by atoms with E-state index in [0.717, 1.165) is 24.0 Å². The van der Waals surface area contributed by atoms with Gasteiger partial charge in [0.15, 0.2) is 0 Å². The maximum Gasteiger partial charge on any atom is 0.128 e. The Kier molecular flexibility index (Phi) is 3.44. The minimum Gasteiger partial charge on any atom is -0.357 e. The molecule has 0 radical (unpaired) electrons. The summed E-state index contributed by atoms with van der Waals surface area (Å²) in [5.74, 6) is 1.96. The van der Waals surface area contributed by atoms with Crippen molar-refractivity contribution in [1.82, 2.24) is 10.3 Å². The fourth-order valence-corrected chi connectivity index (χ4v) is 2.05. The third-order valence-corrected chi connectivity index (χ3v) is 3.43. The second kappa shape index (κ2) is 4.83. The largest absolute Gasteiger partial charge is 0.357 e. The molecule has 1 aromatic rings. The Morgan fingerprint density at radius 2 is 2.25 bits per heavy atom. The standard InChI is InChI=1S/C13H21N3/c1-10(11-7-8-11)16(3)13-6-4-5-12(15-13)9-14-2/h4-6,10-11,14H,7-9H2,1-3H3. The van der Waals surface area contributed by atoms with Gasteiger partial charge in [0.05, 0.1) is 5.69 Å². The summed E-state index contributed by atoms with van der Waals surface area (Å²) in [4.78, 5) is 6.96. The van der Waals surface area contributed by atoms with Crippen molar-refractivity contribution < 1.29 is 0 Å². The number of nitrogens with one attached hydrogen (secondary N) is 1. The van der Waals surface area contributed by atoms with E-state index in [0.29, 0.717) is 6.04 Å². The molecule has 1 saturated carbocycles. The molecule has 0 spiro atoms. The van der Waals surface area contributed by atoms with Gasteiger partial charge in [0.2, 0.25) is 0 Å². The first-order valence-electron chi connectivity index (χ1n) is 6.05. The van der Waals surface area contributed by atoms with E-state index in [-0.39, 0.29) is 0 Å². The van der Waals surface area contributed by atoms with Crippen LogP contribution in [0.25, 0.3) is 0 Å². The Morgan fingerprint density at radius 1 is 1.50 bits per heavy atom. The highest BCUT2D eigenvalue weighted by Crippen LogP contribution is 2.35. The average molecular weight is 219 g/mol. The van der Waals surface area contributed by atoms with Crippen molar-refractivity contribution in [3.05, 3.63) is 23.9 Å². The van der Waals surface area contributed by atoms with Crippen LogP contribution >= 0.6 is 0 Å². The van der Waals surface area contributed by atoms with Gasteiger partial charge in [-0.25, -0.2) is 4.98 Å². The van der Waals surface area contributed by atoms with Crippen LogP contribution in [0.2, 0.25) is 0 Å². The highest BCUT2D eigenvalue weighted by atomic mass is 15.2. The Labute approximate surface area is 97.9 Å². The molecule has 1 fully saturated rings. The van der Waals surface area contributed by atoms with Crippen LogP contribution in [0.3, 0.4) is 0 Å². The van der Waals surface area contributed by atoms with Gasteiger partial charge in [0.25, 0.3) is 0 Å². The molecule has 0 saturated heterocycles. The molecule has 3 heteroatoms. The van der Waals surface area contributed by atoms with Crippen molar-refractivity contribution in [3.8, 4) is 0 Å². The third-order valence-electron chi connectivity index (χ3n) is 3.43. The Balaban J connectivity index is 2.09. The Morgan fingerprint density at radius 3 is 2.88 bits per heavy atom. The summed E-state index contributed by atoms with van der Waals surface area (Å²) < 4.78 is 0. The van der Waals surface area contributed by atoms with Gasteiger partial charge in [0, 0.05) is 19.6 Å². The van der Waals surface area contributed by atoms with Crippen molar-refractivity contribution in [3.63, 3.8) is 0 Å². The number of nitrogens with zero attached hydrogens (tertiary/aromatic N) is 2. The minimum atomic E-state index is 0.609. The van der Waals surface area contributed by atoms with Gasteiger partial charge in [-0.15, -0.1) is 0 Å². The predicted octanol–water partition coefficient (Wildman–Crippen LogP) is 2.04. The van der Waals surface area contributed by atoms with E-state index in [2.05, 4.69) is 47.4 Å². The molecule has 1 heterocycles. The maximum atomic E-state index is 4.66. The van der Waals surface area contributed by atoms with Gasteiger partial charge in [-0.2, -0.15) is 0 Å². The first kappa shape index (κ1) is 11.4. The fourth-order valence-electron chi connectivity index (χ4n) is 2.05. The van der Waals surface area contributed by atoms with Crippen molar-refractivity contribution >= 4 is 5.82 Å². The van der Waals surface area contributed by atoms with E-state index in [4.69, 9.17) is 0 Å². The van der Waals surface area contributed by atoms with Crippen LogP contribution in [0.4, 0.5) is 5.82 Å². The van der Waals surface area contributed by atoms with Crippen molar-refractivity contribution in [2.24, 2.45) is 5.92 Å². The molecular formula is C13H21N3. The first-order chi connectivity index (χ1) is 7.72. The fraction of sp³-hybridized carbons (Fsp3) is 0.615. The lowest BCUT2D eigenvalue weighted by Crippen LogP contribution is -2.31. The SMILES string of the molecule is CNCc1cccc(N(C)C(C)C2CC2)n1. The number of aromatic nitrogens is 1. The number of anilines is 1. The van der Waals surface area contributed by atoms with Gasteiger partial charge < -0.3 is 10.2 Å². The van der Waals surface area contributed by atoms with E-state index >= 15 is 0 Å². The summed E-state index contributed by atoms with van der Waals surface area (Å²) in [7, 11) is 4.10. The summed E-state index contributed by atoms with van der Waals surface area (Å²) in [6.07, 6.45) is 2.75. The van der Waals surface area contributed by atoms with Gasteiger partial charge in [0.1, 0.15) is 5.82 Å². The van der Waals surface area contributed by atoms with Crippen LogP contribution in [-0.4, -0.2) is 25.1 Å². The van der Waals surface area contributed by atoms with Crippen LogP contribution in [0.5, 0.6) is 0 Å². The van der Waals surface area contributed by atoms with E-state index < -0.39 is 0 Å². The Bertz CT molecular complexity index is 347. The van der Waals surface area contributed by atoms with Crippen molar-refractivity contribution in [1.29, 1.82) is 0 Å². The van der Waals surface area contributed by atoms with E-state index in [1.54, 1.807) is 0 Å². The quantitative estimate of drug-likeness (QED) is 0.821. The first-order valence-corrected chi connectivity index (χ1v) is 6.05. The zero-order valence-electron chi connectivity index (χ0n) is 10.4. The molecule has 88 valence electrons. The zero-order chi connectivity index (χ0) is 11.5. The van der Waals surface area contributed by atoms with Gasteiger partial charge in [-0.1, -0.05) is 6.07 Å². The topological polar surface area (TPSA) is 28.2 Å². The second-order valence-electron chi connectivity index (χ2n) is 4.71. The van der Waals surface area contributed by atoms with Crippen LogP contribution in [-0.2, 0) is 6.54 Å². The van der Waals surface area contributed by atoms with Crippen molar-refractivity contribution in [2.45, 2.75) is 32.4 Å². The third kappa shape index (κ3) is 2.53. The molecular weight excluding hydrogens is 198 g/mol. The maximum absolute atomic E-state index is 4.66. The monoisotopic (exact) mass is 219 g/mol. The lowest BCUT2D eigenvalue weighted by atomic mass is 10.2. The summed E-state index contributed by atoms with van der Waals surface area (Å²) in [6.45, 7) is 3.13. The minimum absolute atomic E-state index is 0.609. The number of rotatable bonds is 5. The van der Waals surface area contributed by atoms with E-state index in [1.807, 2.05) is 7.05 Å². The Hall–Kier alpha value is -1.09. The summed E-state index contributed by atoms with van der Waals surface area (Å²) in [6, 6.07) is 6.86. The van der Waals surface area contributed by atoms with Crippen LogP contribution in [0, 0.1) is 5.92 Å². The molecule has 0 amide bonds. The molecule has 1 atom stereocenters. The highest BCUT2D eigenvalue weighted by Gasteiger charge is 2.30. The highest BCUT2D eigenvalue weighted by molar-refractivity contribution is 5.39. The lowest BCUT2D eigenvalue weighted by Gasteiger charge is -2.26. The molecule has 0 aromatic carbocycles. The zero-order valence-corrected chi connectivity index (χ0v) is 10.4. The molecule has 1 unspecified atom stereocenters. The van der Waals surface area contributed by atoms with Gasteiger partial charge in [-0.05, 0) is 44.9 Å². The molecule has 1 aliphatic rings. The number of pyridine rings is 1. The molecule has 1 aromatic heterocycles. The second-order valence-corrected chi connectivity index (χ2v) is 4.71. The molecule has 0 aliphatic heterocycles. The molecule has 0 bridgehead atoms. The van der Waals surface area contributed by atoms with Crippen LogP contribution in [0.1, 0.15) is 25.5 Å². The van der Waals surface area contributed by atoms with Gasteiger partial charge in [-0.3, -0.25) is 0 Å². The van der Waals surface area contributed by atoms with Crippen LogP contribution in [0.15, 0.2) is 18.2 Å². The van der Waals surface area contributed by atoms with Crippen LogP contribution < -0.4 is 10.2 Å². The summed E-state index contributed by atoms with van der Waals surface area (Å²) >= 11 is 0. The van der Waals surface area contributed by atoms with E-state index in [9.17, 15) is 0 Å². The number of hydrogen-bond donors (Lipinski definition) is 1. The predicted molar refractivity (Wildman–Crippen MR) is 67.6 cm³/mol. The lowest BCUT2D eigenvalue weighted by molar-refractivity contribution is 0.602.